The van der Waals surface area contributed by atoms with Gasteiger partial charge in [0, 0.05) is 37.2 Å². The lowest BCUT2D eigenvalue weighted by molar-refractivity contribution is 0.172. The maximum atomic E-state index is 5.03. The smallest absolute Gasteiger partial charge is 0.0940 e. The minimum Gasteiger partial charge on any atom is -0.383 e. The average molecular weight is 214 g/mol. The van der Waals surface area contributed by atoms with Gasteiger partial charge in [0.05, 0.1) is 11.6 Å². The fourth-order valence-electron chi connectivity index (χ4n) is 1.25. The van der Waals surface area contributed by atoms with Gasteiger partial charge in [-0.15, -0.1) is 11.3 Å². The Morgan fingerprint density at radius 1 is 1.64 bits per heavy atom. The third-order valence-corrected chi connectivity index (χ3v) is 2.94. The van der Waals surface area contributed by atoms with Gasteiger partial charge in [-0.25, -0.2) is 4.98 Å². The maximum Gasteiger partial charge on any atom is 0.0940 e. The van der Waals surface area contributed by atoms with E-state index in [-0.39, 0.29) is 0 Å². The van der Waals surface area contributed by atoms with Crippen LogP contribution >= 0.6 is 11.3 Å². The summed E-state index contributed by atoms with van der Waals surface area (Å²) in [5.41, 5.74) is 1.12. The second-order valence-electron chi connectivity index (χ2n) is 3.44. The van der Waals surface area contributed by atoms with Crippen LogP contribution in [0.3, 0.4) is 0 Å². The van der Waals surface area contributed by atoms with E-state index in [9.17, 15) is 0 Å². The van der Waals surface area contributed by atoms with E-state index < -0.39 is 0 Å². The molecule has 1 unspecified atom stereocenters. The second-order valence-corrected chi connectivity index (χ2v) is 4.39. The van der Waals surface area contributed by atoms with E-state index in [0.717, 1.165) is 25.3 Å². The Hall–Kier alpha value is -0.450. The molecular formula is C10H18N2OS. The quantitative estimate of drug-likeness (QED) is 0.781. The number of rotatable bonds is 6. The van der Waals surface area contributed by atoms with Crippen LogP contribution in [0, 0.1) is 6.92 Å². The van der Waals surface area contributed by atoms with E-state index in [2.05, 4.69) is 22.6 Å². The lowest BCUT2D eigenvalue weighted by atomic mass is 10.3. The fraction of sp³-hybridized carbons (Fsp3) is 0.700. The van der Waals surface area contributed by atoms with Crippen LogP contribution in [-0.2, 0) is 11.2 Å². The molecule has 1 aromatic rings. The molecule has 0 bridgehead atoms. The largest absolute Gasteiger partial charge is 0.383 e. The van der Waals surface area contributed by atoms with Crippen LogP contribution in [-0.4, -0.2) is 31.3 Å². The zero-order valence-electron chi connectivity index (χ0n) is 9.04. The molecule has 0 aliphatic heterocycles. The molecular weight excluding hydrogens is 196 g/mol. The standard InChI is InChI=1S/C10H18N2OS/c1-8(6-13-3)11-5-4-10-12-9(2)7-14-10/h7-8,11H,4-6H2,1-3H3. The zero-order chi connectivity index (χ0) is 10.4. The first kappa shape index (κ1) is 11.6. The highest BCUT2D eigenvalue weighted by atomic mass is 32.1. The Labute approximate surface area is 89.5 Å². The molecule has 0 saturated carbocycles. The van der Waals surface area contributed by atoms with Crippen molar-refractivity contribution in [3.05, 3.63) is 16.1 Å². The monoisotopic (exact) mass is 214 g/mol. The predicted molar refractivity (Wildman–Crippen MR) is 59.9 cm³/mol. The normalized spacial score (nSPS) is 13.1. The summed E-state index contributed by atoms with van der Waals surface area (Å²) < 4.78 is 5.03. The first-order valence-electron chi connectivity index (χ1n) is 4.85. The summed E-state index contributed by atoms with van der Waals surface area (Å²) in [7, 11) is 1.72. The molecule has 1 rings (SSSR count). The number of nitrogens with zero attached hydrogens (tertiary/aromatic N) is 1. The molecule has 1 aromatic heterocycles. The SMILES string of the molecule is COCC(C)NCCc1nc(C)cs1. The van der Waals surface area contributed by atoms with Crippen molar-refractivity contribution in [2.75, 3.05) is 20.3 Å². The maximum absolute atomic E-state index is 5.03. The Balaban J connectivity index is 2.15. The van der Waals surface area contributed by atoms with Crippen molar-refractivity contribution in [1.82, 2.24) is 10.3 Å². The van der Waals surface area contributed by atoms with Crippen LogP contribution in [0.1, 0.15) is 17.6 Å². The second kappa shape index (κ2) is 6.11. The summed E-state index contributed by atoms with van der Waals surface area (Å²) in [6.07, 6.45) is 1.01. The molecule has 1 atom stereocenters. The van der Waals surface area contributed by atoms with Gasteiger partial charge >= 0.3 is 0 Å². The van der Waals surface area contributed by atoms with E-state index in [1.54, 1.807) is 18.4 Å². The highest BCUT2D eigenvalue weighted by Gasteiger charge is 2.01. The van der Waals surface area contributed by atoms with Crippen LogP contribution in [0.15, 0.2) is 5.38 Å². The van der Waals surface area contributed by atoms with Crippen molar-refractivity contribution in [3.63, 3.8) is 0 Å². The lowest BCUT2D eigenvalue weighted by Gasteiger charge is -2.11. The number of aromatic nitrogens is 1. The third kappa shape index (κ3) is 4.17. The molecule has 0 aromatic carbocycles. The zero-order valence-corrected chi connectivity index (χ0v) is 9.86. The van der Waals surface area contributed by atoms with Crippen LogP contribution in [0.4, 0.5) is 0 Å². The molecule has 0 fully saturated rings. The highest BCUT2D eigenvalue weighted by molar-refractivity contribution is 7.09. The van der Waals surface area contributed by atoms with E-state index in [1.807, 2.05) is 6.92 Å². The molecule has 80 valence electrons. The van der Waals surface area contributed by atoms with Gasteiger partial charge in [0.1, 0.15) is 0 Å². The lowest BCUT2D eigenvalue weighted by Crippen LogP contribution is -2.31. The number of thiazole rings is 1. The van der Waals surface area contributed by atoms with Gasteiger partial charge < -0.3 is 10.1 Å². The van der Waals surface area contributed by atoms with Crippen LogP contribution < -0.4 is 5.32 Å². The van der Waals surface area contributed by atoms with Gasteiger partial charge in [0.25, 0.3) is 0 Å². The minimum absolute atomic E-state index is 0.418. The van der Waals surface area contributed by atoms with E-state index in [4.69, 9.17) is 4.74 Å². The molecule has 0 aliphatic rings. The summed E-state index contributed by atoms with van der Waals surface area (Å²) >= 11 is 1.73. The van der Waals surface area contributed by atoms with Crippen LogP contribution in [0.2, 0.25) is 0 Å². The highest BCUT2D eigenvalue weighted by Crippen LogP contribution is 2.08. The molecule has 0 radical (unpaired) electrons. The third-order valence-electron chi connectivity index (χ3n) is 1.91. The number of methoxy groups -OCH3 is 1. The average Bonchev–Trinajstić information content (AvgIpc) is 2.52. The molecule has 0 amide bonds. The first-order valence-corrected chi connectivity index (χ1v) is 5.73. The van der Waals surface area contributed by atoms with Crippen molar-refractivity contribution in [2.45, 2.75) is 26.3 Å². The Morgan fingerprint density at radius 3 is 3.00 bits per heavy atom. The molecule has 4 heteroatoms. The number of aryl methyl sites for hydroxylation is 1. The molecule has 3 nitrogen and oxygen atoms in total. The summed E-state index contributed by atoms with van der Waals surface area (Å²) in [6, 6.07) is 0.418. The van der Waals surface area contributed by atoms with E-state index in [1.165, 1.54) is 5.01 Å². The molecule has 0 saturated heterocycles. The Kier molecular flexibility index (Phi) is 5.07. The van der Waals surface area contributed by atoms with E-state index in [0.29, 0.717) is 6.04 Å². The van der Waals surface area contributed by atoms with Crippen molar-refractivity contribution in [2.24, 2.45) is 0 Å². The topological polar surface area (TPSA) is 34.1 Å². The van der Waals surface area contributed by atoms with Crippen LogP contribution in [0.25, 0.3) is 0 Å². The summed E-state index contributed by atoms with van der Waals surface area (Å²) in [5.74, 6) is 0. The van der Waals surface area contributed by atoms with Crippen LogP contribution in [0.5, 0.6) is 0 Å². The van der Waals surface area contributed by atoms with Gasteiger partial charge in [-0.05, 0) is 13.8 Å². The number of hydrogen-bond donors (Lipinski definition) is 1. The van der Waals surface area contributed by atoms with Gasteiger partial charge in [0.2, 0.25) is 0 Å². The minimum atomic E-state index is 0.418. The number of ether oxygens (including phenoxy) is 1. The fourth-order valence-corrected chi connectivity index (χ4v) is 2.03. The van der Waals surface area contributed by atoms with Gasteiger partial charge in [-0.1, -0.05) is 0 Å². The van der Waals surface area contributed by atoms with Gasteiger partial charge in [-0.3, -0.25) is 0 Å². The van der Waals surface area contributed by atoms with Crippen molar-refractivity contribution in [3.8, 4) is 0 Å². The molecule has 1 heterocycles. The predicted octanol–water partition coefficient (Wildman–Crippen LogP) is 1.62. The van der Waals surface area contributed by atoms with Crippen molar-refractivity contribution >= 4 is 11.3 Å². The first-order chi connectivity index (χ1) is 6.72. The van der Waals surface area contributed by atoms with E-state index >= 15 is 0 Å². The number of hydrogen-bond acceptors (Lipinski definition) is 4. The molecule has 0 spiro atoms. The van der Waals surface area contributed by atoms with Crippen molar-refractivity contribution in [1.29, 1.82) is 0 Å². The summed E-state index contributed by atoms with van der Waals surface area (Å²) in [5, 5.41) is 6.68. The summed E-state index contributed by atoms with van der Waals surface area (Å²) in [6.45, 7) is 5.88. The number of nitrogens with one attached hydrogen (secondary N) is 1. The molecule has 1 N–H and O–H groups in total. The molecule has 0 aliphatic carbocycles. The van der Waals surface area contributed by atoms with Crippen molar-refractivity contribution < 1.29 is 4.74 Å². The molecule has 14 heavy (non-hydrogen) atoms. The van der Waals surface area contributed by atoms with Gasteiger partial charge in [0.15, 0.2) is 0 Å². The Bertz CT molecular complexity index is 262. The summed E-state index contributed by atoms with van der Waals surface area (Å²) in [4.78, 5) is 4.40. The van der Waals surface area contributed by atoms with Gasteiger partial charge in [-0.2, -0.15) is 0 Å². The Morgan fingerprint density at radius 2 is 2.43 bits per heavy atom.